The SMILES string of the molecule is CN(C)CCNC(=O)c1cc2[nH]c(Nc3c(Cl)cccc3Cl)nc2c2c1OC(C)(C)C2. The van der Waals surface area contributed by atoms with Gasteiger partial charge in [-0.1, -0.05) is 29.3 Å². The molecule has 0 bridgehead atoms. The van der Waals surface area contributed by atoms with Crippen LogP contribution in [0.1, 0.15) is 29.8 Å². The van der Waals surface area contributed by atoms with E-state index in [1.54, 1.807) is 24.3 Å². The summed E-state index contributed by atoms with van der Waals surface area (Å²) in [5, 5.41) is 7.11. The number of likely N-dealkylation sites (N-methyl/N-ethyl adjacent to an activating group) is 1. The molecule has 0 unspecified atom stereocenters. The molecule has 0 atom stereocenters. The molecule has 0 saturated heterocycles. The number of ether oxygens (including phenoxy) is 1. The number of carbonyl (C=O) groups excluding carboxylic acids is 1. The number of rotatable bonds is 6. The molecule has 31 heavy (non-hydrogen) atoms. The van der Waals surface area contributed by atoms with Crippen LogP contribution < -0.4 is 15.4 Å². The molecule has 1 aromatic heterocycles. The molecule has 3 N–H and O–H groups in total. The van der Waals surface area contributed by atoms with E-state index in [2.05, 4.69) is 15.6 Å². The van der Waals surface area contributed by atoms with E-state index in [0.717, 1.165) is 23.1 Å². The second-order valence-electron chi connectivity index (χ2n) is 8.53. The summed E-state index contributed by atoms with van der Waals surface area (Å²) in [5.41, 5.74) is 3.06. The van der Waals surface area contributed by atoms with Crippen LogP contribution in [0.25, 0.3) is 11.0 Å². The van der Waals surface area contributed by atoms with Crippen LogP contribution >= 0.6 is 23.2 Å². The lowest BCUT2D eigenvalue weighted by Crippen LogP contribution is -2.32. The molecular weight excluding hydrogens is 437 g/mol. The molecule has 3 aromatic rings. The van der Waals surface area contributed by atoms with Crippen LogP contribution in [0.4, 0.5) is 11.6 Å². The predicted molar refractivity (Wildman–Crippen MR) is 125 cm³/mol. The van der Waals surface area contributed by atoms with Gasteiger partial charge in [-0.05, 0) is 46.1 Å². The van der Waals surface area contributed by atoms with Crippen LogP contribution in [0.15, 0.2) is 24.3 Å². The van der Waals surface area contributed by atoms with Gasteiger partial charge in [-0.3, -0.25) is 4.79 Å². The van der Waals surface area contributed by atoms with Crippen LogP contribution in [0.2, 0.25) is 10.0 Å². The summed E-state index contributed by atoms with van der Waals surface area (Å²) in [7, 11) is 3.93. The molecule has 0 aliphatic carbocycles. The zero-order valence-corrected chi connectivity index (χ0v) is 19.4. The number of nitrogens with one attached hydrogen (secondary N) is 3. The van der Waals surface area contributed by atoms with Crippen molar-refractivity contribution in [3.63, 3.8) is 0 Å². The minimum atomic E-state index is -0.423. The van der Waals surface area contributed by atoms with Gasteiger partial charge in [0.1, 0.15) is 11.4 Å². The highest BCUT2D eigenvalue weighted by atomic mass is 35.5. The minimum Gasteiger partial charge on any atom is -0.486 e. The fourth-order valence-corrected chi connectivity index (χ4v) is 4.16. The number of carbonyl (C=O) groups is 1. The molecule has 7 nitrogen and oxygen atoms in total. The Labute approximate surface area is 191 Å². The Bertz CT molecular complexity index is 1140. The van der Waals surface area contributed by atoms with Crippen LogP contribution in [-0.4, -0.2) is 53.6 Å². The van der Waals surface area contributed by atoms with Crippen molar-refractivity contribution in [2.45, 2.75) is 25.9 Å². The maximum absolute atomic E-state index is 12.9. The van der Waals surface area contributed by atoms with Crippen molar-refractivity contribution in [1.82, 2.24) is 20.2 Å². The van der Waals surface area contributed by atoms with Crippen molar-refractivity contribution < 1.29 is 9.53 Å². The Morgan fingerprint density at radius 3 is 2.68 bits per heavy atom. The number of halogens is 2. The number of amides is 1. The number of hydrogen-bond acceptors (Lipinski definition) is 5. The first kappa shape index (κ1) is 21.7. The molecule has 9 heteroatoms. The summed E-state index contributed by atoms with van der Waals surface area (Å²) in [6, 6.07) is 7.07. The highest BCUT2D eigenvalue weighted by Crippen LogP contribution is 2.42. The monoisotopic (exact) mass is 461 g/mol. The van der Waals surface area contributed by atoms with Gasteiger partial charge in [0, 0.05) is 25.1 Å². The second-order valence-corrected chi connectivity index (χ2v) is 9.35. The Hall–Kier alpha value is -2.48. The summed E-state index contributed by atoms with van der Waals surface area (Å²) in [5.74, 6) is 0.909. The van der Waals surface area contributed by atoms with Gasteiger partial charge in [-0.15, -0.1) is 0 Å². The number of fused-ring (bicyclic) bond motifs is 3. The largest absolute Gasteiger partial charge is 0.486 e. The number of aromatic nitrogens is 2. The lowest BCUT2D eigenvalue weighted by molar-refractivity contribution is 0.0937. The number of hydrogen-bond donors (Lipinski definition) is 3. The topological polar surface area (TPSA) is 82.3 Å². The van der Waals surface area contributed by atoms with Gasteiger partial charge >= 0.3 is 0 Å². The molecule has 164 valence electrons. The van der Waals surface area contributed by atoms with E-state index >= 15 is 0 Å². The van der Waals surface area contributed by atoms with Crippen LogP contribution in [-0.2, 0) is 6.42 Å². The third-order valence-electron chi connectivity index (χ3n) is 5.10. The first-order valence-corrected chi connectivity index (χ1v) is 10.8. The number of anilines is 2. The highest BCUT2D eigenvalue weighted by Gasteiger charge is 2.36. The lowest BCUT2D eigenvalue weighted by Gasteiger charge is -2.18. The Morgan fingerprint density at radius 1 is 1.29 bits per heavy atom. The third kappa shape index (κ3) is 4.44. The van der Waals surface area contributed by atoms with Crippen molar-refractivity contribution >= 4 is 51.8 Å². The molecule has 4 rings (SSSR count). The molecule has 2 heterocycles. The van der Waals surface area contributed by atoms with Crippen LogP contribution in [0.5, 0.6) is 5.75 Å². The number of H-pyrrole nitrogens is 1. The van der Waals surface area contributed by atoms with Crippen LogP contribution in [0.3, 0.4) is 0 Å². The van der Waals surface area contributed by atoms with Gasteiger partial charge in [0.05, 0.1) is 32.3 Å². The third-order valence-corrected chi connectivity index (χ3v) is 5.73. The normalized spacial score (nSPS) is 14.5. The fourth-order valence-electron chi connectivity index (χ4n) is 3.67. The first-order valence-electron chi connectivity index (χ1n) is 10.0. The van der Waals surface area contributed by atoms with E-state index in [9.17, 15) is 4.79 Å². The van der Waals surface area contributed by atoms with Crippen molar-refractivity contribution in [3.05, 3.63) is 45.4 Å². The molecule has 0 saturated carbocycles. The molecule has 0 radical (unpaired) electrons. The summed E-state index contributed by atoms with van der Waals surface area (Å²) in [6.07, 6.45) is 0.648. The van der Waals surface area contributed by atoms with E-state index in [0.29, 0.717) is 46.0 Å². The molecule has 1 aliphatic heterocycles. The molecule has 1 amide bonds. The Kier molecular flexibility index (Phi) is 5.77. The van der Waals surface area contributed by atoms with Crippen molar-refractivity contribution in [3.8, 4) is 5.75 Å². The maximum Gasteiger partial charge on any atom is 0.255 e. The van der Waals surface area contributed by atoms with E-state index < -0.39 is 5.60 Å². The molecule has 2 aromatic carbocycles. The molecule has 0 fully saturated rings. The van der Waals surface area contributed by atoms with E-state index in [1.165, 1.54) is 0 Å². The van der Waals surface area contributed by atoms with Crippen molar-refractivity contribution in [1.29, 1.82) is 0 Å². The Morgan fingerprint density at radius 2 is 2.00 bits per heavy atom. The first-order chi connectivity index (χ1) is 14.6. The fraction of sp³-hybridized carbons (Fsp3) is 0.364. The predicted octanol–water partition coefficient (Wildman–Crippen LogP) is 4.62. The zero-order valence-electron chi connectivity index (χ0n) is 17.9. The van der Waals surface area contributed by atoms with Gasteiger partial charge in [0.2, 0.25) is 5.95 Å². The lowest BCUT2D eigenvalue weighted by atomic mass is 9.99. The van der Waals surface area contributed by atoms with Gasteiger partial charge in [-0.2, -0.15) is 0 Å². The average molecular weight is 462 g/mol. The summed E-state index contributed by atoms with van der Waals surface area (Å²) >= 11 is 12.6. The summed E-state index contributed by atoms with van der Waals surface area (Å²) in [4.78, 5) is 22.9. The second kappa shape index (κ2) is 8.22. The van der Waals surface area contributed by atoms with Crippen LogP contribution in [0, 0.1) is 0 Å². The summed E-state index contributed by atoms with van der Waals surface area (Å²) < 4.78 is 6.16. The average Bonchev–Trinajstić information content (AvgIpc) is 3.22. The van der Waals surface area contributed by atoms with E-state index in [4.69, 9.17) is 32.9 Å². The van der Waals surface area contributed by atoms with Crippen molar-refractivity contribution in [2.75, 3.05) is 32.5 Å². The zero-order chi connectivity index (χ0) is 22.3. The Balaban J connectivity index is 1.73. The van der Waals surface area contributed by atoms with Crippen molar-refractivity contribution in [2.24, 2.45) is 0 Å². The quantitative estimate of drug-likeness (QED) is 0.498. The number of imidazole rings is 1. The molecule has 1 aliphatic rings. The van der Waals surface area contributed by atoms with E-state index in [-0.39, 0.29) is 5.91 Å². The van der Waals surface area contributed by atoms with Gasteiger partial charge in [0.25, 0.3) is 5.91 Å². The smallest absolute Gasteiger partial charge is 0.255 e. The molecular formula is C22H25Cl2N5O2. The van der Waals surface area contributed by atoms with E-state index in [1.807, 2.05) is 32.8 Å². The highest BCUT2D eigenvalue weighted by molar-refractivity contribution is 6.39. The molecule has 0 spiro atoms. The summed E-state index contributed by atoms with van der Waals surface area (Å²) in [6.45, 7) is 5.30. The number of aromatic amines is 1. The maximum atomic E-state index is 12.9. The standard InChI is InChI=1S/C22H25Cl2N5O2/c1-22(2)11-13-17-16(10-12(19(13)31-22)20(30)25-8-9-29(3)4)26-21(27-17)28-18-14(23)6-5-7-15(18)24/h5-7,10H,8-9,11H2,1-4H3,(H,25,30)(H2,26,27,28). The van der Waals surface area contributed by atoms with Gasteiger partial charge in [-0.25, -0.2) is 4.98 Å². The number of para-hydroxylation sites is 1. The number of benzene rings is 2. The number of nitrogens with zero attached hydrogens (tertiary/aromatic N) is 2. The van der Waals surface area contributed by atoms with Gasteiger partial charge in [0.15, 0.2) is 0 Å². The minimum absolute atomic E-state index is 0.170. The van der Waals surface area contributed by atoms with Gasteiger partial charge < -0.3 is 25.3 Å².